The number of carbonyl (C=O) groups is 1. The van der Waals surface area contributed by atoms with Crippen molar-refractivity contribution in [3.05, 3.63) is 65.4 Å². The molecule has 0 fully saturated rings. The van der Waals surface area contributed by atoms with Crippen molar-refractivity contribution in [1.82, 2.24) is 0 Å². The minimum absolute atomic E-state index is 0.0602. The Kier molecular flexibility index (Phi) is 6.36. The van der Waals surface area contributed by atoms with Crippen molar-refractivity contribution in [1.29, 1.82) is 0 Å². The lowest BCUT2D eigenvalue weighted by Gasteiger charge is -2.31. The molecule has 142 valence electrons. The van der Waals surface area contributed by atoms with Crippen LogP contribution in [0.3, 0.4) is 0 Å². The molecule has 27 heavy (non-hydrogen) atoms. The lowest BCUT2D eigenvalue weighted by molar-refractivity contribution is -0.136. The van der Waals surface area contributed by atoms with E-state index in [9.17, 15) is 4.79 Å². The molecular weight excluding hydrogens is 342 g/mol. The number of carboxylic acid groups (broad SMARTS) is 1. The van der Waals surface area contributed by atoms with Gasteiger partial charge in [0.05, 0.1) is 13.2 Å². The van der Waals surface area contributed by atoms with E-state index in [1.807, 2.05) is 24.3 Å². The summed E-state index contributed by atoms with van der Waals surface area (Å²) < 4.78 is 11.0. The van der Waals surface area contributed by atoms with Gasteiger partial charge in [-0.2, -0.15) is 0 Å². The highest BCUT2D eigenvalue weighted by atomic mass is 16.5. The van der Waals surface area contributed by atoms with Crippen LogP contribution >= 0.6 is 0 Å². The van der Waals surface area contributed by atoms with Gasteiger partial charge < -0.3 is 19.5 Å². The van der Waals surface area contributed by atoms with E-state index >= 15 is 0 Å². The number of fused-ring (bicyclic) bond motifs is 1. The molecule has 0 unspecified atom stereocenters. The average molecular weight is 367 g/mol. The van der Waals surface area contributed by atoms with E-state index in [1.54, 1.807) is 6.92 Å². The molecule has 0 atom stereocenters. The number of nitrogens with zero attached hydrogens (tertiary/aromatic N) is 1. The average Bonchev–Trinajstić information content (AvgIpc) is 2.69. The Morgan fingerprint density at radius 1 is 1.19 bits per heavy atom. The number of carboxylic acids is 1. The number of aliphatic carboxylic acids is 1. The molecule has 0 aromatic heterocycles. The minimum Gasteiger partial charge on any atom is -0.492 e. The van der Waals surface area contributed by atoms with Crippen LogP contribution in [-0.2, 0) is 16.0 Å². The third kappa shape index (κ3) is 5.03. The van der Waals surface area contributed by atoms with E-state index in [2.05, 4.69) is 29.2 Å². The molecule has 2 aromatic rings. The maximum absolute atomic E-state index is 11.1. The number of rotatable bonds is 8. The van der Waals surface area contributed by atoms with E-state index in [1.165, 1.54) is 23.7 Å². The Morgan fingerprint density at radius 3 is 2.70 bits per heavy atom. The number of hydrogen-bond donors (Lipinski definition) is 1. The highest BCUT2D eigenvalue weighted by Gasteiger charge is 2.15. The van der Waals surface area contributed by atoms with Crippen LogP contribution < -0.4 is 9.64 Å². The molecular formula is C22H25NO4. The summed E-state index contributed by atoms with van der Waals surface area (Å²) in [5.74, 6) is -0.361. The Bertz CT molecular complexity index is 798. The quantitative estimate of drug-likeness (QED) is 0.565. The van der Waals surface area contributed by atoms with Gasteiger partial charge in [0.2, 0.25) is 5.76 Å². The van der Waals surface area contributed by atoms with Crippen LogP contribution in [0.2, 0.25) is 0 Å². The summed E-state index contributed by atoms with van der Waals surface area (Å²) >= 11 is 0. The molecule has 0 aliphatic carbocycles. The zero-order valence-corrected chi connectivity index (χ0v) is 15.6. The first-order chi connectivity index (χ1) is 13.2. The predicted molar refractivity (Wildman–Crippen MR) is 106 cm³/mol. The molecule has 0 radical (unpaired) electrons. The summed E-state index contributed by atoms with van der Waals surface area (Å²) in [6.07, 6.45) is 3.83. The van der Waals surface area contributed by atoms with Gasteiger partial charge in [0.1, 0.15) is 12.4 Å². The first kappa shape index (κ1) is 18.8. The van der Waals surface area contributed by atoms with Gasteiger partial charge in [0.15, 0.2) is 0 Å². The van der Waals surface area contributed by atoms with Crippen molar-refractivity contribution in [2.75, 3.05) is 31.2 Å². The maximum atomic E-state index is 11.1. The van der Waals surface area contributed by atoms with Crippen molar-refractivity contribution in [3.8, 4) is 5.75 Å². The normalized spacial score (nSPS) is 13.8. The van der Waals surface area contributed by atoms with E-state index in [0.29, 0.717) is 13.2 Å². The summed E-state index contributed by atoms with van der Waals surface area (Å²) in [5, 5.41) is 9.11. The standard InChI is InChI=1S/C22H25NO4/c1-2-26-21(22(24)25)16-17-9-11-19(12-10-17)27-15-14-23-13-5-7-18-6-3-4-8-20(18)23/h3-4,6,8-12,16H,2,5,7,13-15H2,1H3,(H,24,25)/b21-16-. The molecule has 0 saturated carbocycles. The lowest BCUT2D eigenvalue weighted by atomic mass is 10.0. The van der Waals surface area contributed by atoms with Gasteiger partial charge in [-0.15, -0.1) is 0 Å². The number of benzene rings is 2. The first-order valence-corrected chi connectivity index (χ1v) is 9.31. The van der Waals surface area contributed by atoms with Crippen LogP contribution in [0.15, 0.2) is 54.3 Å². The monoisotopic (exact) mass is 367 g/mol. The van der Waals surface area contributed by atoms with Crippen LogP contribution in [0.4, 0.5) is 5.69 Å². The molecule has 0 saturated heterocycles. The van der Waals surface area contributed by atoms with Crippen LogP contribution in [0.1, 0.15) is 24.5 Å². The molecule has 1 N–H and O–H groups in total. The lowest BCUT2D eigenvalue weighted by Crippen LogP contribution is -2.33. The van der Waals surface area contributed by atoms with Crippen LogP contribution in [-0.4, -0.2) is 37.4 Å². The molecule has 1 aliphatic heterocycles. The van der Waals surface area contributed by atoms with E-state index < -0.39 is 5.97 Å². The Balaban J connectivity index is 1.55. The molecule has 2 aromatic carbocycles. The van der Waals surface area contributed by atoms with Gasteiger partial charge in [-0.05, 0) is 55.2 Å². The van der Waals surface area contributed by atoms with Gasteiger partial charge >= 0.3 is 5.97 Å². The highest BCUT2D eigenvalue weighted by Crippen LogP contribution is 2.26. The van der Waals surface area contributed by atoms with Gasteiger partial charge in [-0.3, -0.25) is 0 Å². The zero-order valence-electron chi connectivity index (χ0n) is 15.6. The molecule has 5 heteroatoms. The second kappa shape index (κ2) is 9.12. The summed E-state index contributed by atoms with van der Waals surface area (Å²) in [5.41, 5.74) is 3.48. The first-order valence-electron chi connectivity index (χ1n) is 9.31. The SMILES string of the molecule is CCO/C(=C\c1ccc(OCCN2CCCc3ccccc32)cc1)C(=O)O. The number of aryl methyl sites for hydroxylation is 1. The second-order valence-electron chi connectivity index (χ2n) is 6.38. The zero-order chi connectivity index (χ0) is 19.1. The molecule has 3 rings (SSSR count). The Labute approximate surface area is 159 Å². The fraction of sp³-hybridized carbons (Fsp3) is 0.318. The van der Waals surface area contributed by atoms with Crippen molar-refractivity contribution in [2.45, 2.75) is 19.8 Å². The van der Waals surface area contributed by atoms with Crippen molar-refractivity contribution in [2.24, 2.45) is 0 Å². The number of para-hydroxylation sites is 1. The van der Waals surface area contributed by atoms with Gasteiger partial charge in [0, 0.05) is 12.2 Å². The smallest absolute Gasteiger partial charge is 0.371 e. The summed E-state index contributed by atoms with van der Waals surface area (Å²) in [7, 11) is 0. The molecule has 0 amide bonds. The Morgan fingerprint density at radius 2 is 1.96 bits per heavy atom. The molecule has 1 aliphatic rings. The second-order valence-corrected chi connectivity index (χ2v) is 6.38. The van der Waals surface area contributed by atoms with E-state index in [4.69, 9.17) is 14.6 Å². The summed E-state index contributed by atoms with van der Waals surface area (Å²) in [6.45, 7) is 4.57. The Hall–Kier alpha value is -2.95. The van der Waals surface area contributed by atoms with E-state index in [0.717, 1.165) is 30.8 Å². The summed E-state index contributed by atoms with van der Waals surface area (Å²) in [4.78, 5) is 13.5. The predicted octanol–water partition coefficient (Wildman–Crippen LogP) is 3.98. The number of anilines is 1. The minimum atomic E-state index is -1.07. The van der Waals surface area contributed by atoms with Gasteiger partial charge in [0.25, 0.3) is 0 Å². The fourth-order valence-corrected chi connectivity index (χ4v) is 3.25. The molecule has 1 heterocycles. The summed E-state index contributed by atoms with van der Waals surface area (Å²) in [6, 6.07) is 15.9. The third-order valence-electron chi connectivity index (χ3n) is 4.52. The van der Waals surface area contributed by atoms with Crippen LogP contribution in [0.25, 0.3) is 6.08 Å². The third-order valence-corrected chi connectivity index (χ3v) is 4.52. The molecule has 0 bridgehead atoms. The highest BCUT2D eigenvalue weighted by molar-refractivity contribution is 5.89. The van der Waals surface area contributed by atoms with E-state index in [-0.39, 0.29) is 5.76 Å². The largest absolute Gasteiger partial charge is 0.492 e. The van der Waals surface area contributed by atoms with Crippen LogP contribution in [0.5, 0.6) is 5.75 Å². The molecule has 0 spiro atoms. The van der Waals surface area contributed by atoms with Gasteiger partial charge in [-0.1, -0.05) is 30.3 Å². The topological polar surface area (TPSA) is 59.0 Å². The number of ether oxygens (including phenoxy) is 2. The van der Waals surface area contributed by atoms with Crippen molar-refractivity contribution >= 4 is 17.7 Å². The van der Waals surface area contributed by atoms with Crippen molar-refractivity contribution in [3.63, 3.8) is 0 Å². The van der Waals surface area contributed by atoms with Crippen molar-refractivity contribution < 1.29 is 19.4 Å². The number of hydrogen-bond acceptors (Lipinski definition) is 4. The maximum Gasteiger partial charge on any atom is 0.371 e. The van der Waals surface area contributed by atoms with Crippen LogP contribution in [0, 0.1) is 0 Å². The molecule has 5 nitrogen and oxygen atoms in total. The fourth-order valence-electron chi connectivity index (χ4n) is 3.25. The van der Waals surface area contributed by atoms with Gasteiger partial charge in [-0.25, -0.2) is 4.79 Å².